The van der Waals surface area contributed by atoms with Crippen molar-refractivity contribution in [2.45, 2.75) is 19.5 Å². The van der Waals surface area contributed by atoms with Crippen LogP contribution in [0.4, 0.5) is 8.78 Å². The molecule has 0 bridgehead atoms. The highest BCUT2D eigenvalue weighted by Crippen LogP contribution is 2.20. The van der Waals surface area contributed by atoms with Crippen LogP contribution in [-0.2, 0) is 6.54 Å². The molecule has 0 saturated heterocycles. The van der Waals surface area contributed by atoms with E-state index in [0.29, 0.717) is 12.1 Å². The normalized spacial score (nSPS) is 12.4. The predicted octanol–water partition coefficient (Wildman–Crippen LogP) is 4.58. The first kappa shape index (κ1) is 14.2. The molecule has 0 heterocycles. The smallest absolute Gasteiger partial charge is 0.130 e. The van der Waals surface area contributed by atoms with Gasteiger partial charge in [-0.3, -0.25) is 0 Å². The molecule has 1 N–H and O–H groups in total. The van der Waals surface area contributed by atoms with Gasteiger partial charge in [-0.1, -0.05) is 40.2 Å². The highest BCUT2D eigenvalue weighted by Gasteiger charge is 2.11. The molecule has 100 valence electrons. The first-order chi connectivity index (χ1) is 9.08. The lowest BCUT2D eigenvalue weighted by Gasteiger charge is -2.15. The van der Waals surface area contributed by atoms with Crippen LogP contribution >= 0.6 is 15.9 Å². The van der Waals surface area contributed by atoms with Crippen molar-refractivity contribution in [3.63, 3.8) is 0 Å². The molecule has 4 heteroatoms. The zero-order valence-corrected chi connectivity index (χ0v) is 12.0. The maximum atomic E-state index is 13.6. The number of hydrogen-bond acceptors (Lipinski definition) is 1. The largest absolute Gasteiger partial charge is 0.306 e. The van der Waals surface area contributed by atoms with Gasteiger partial charge in [0.1, 0.15) is 11.6 Å². The second-order valence-electron chi connectivity index (χ2n) is 4.36. The summed E-state index contributed by atoms with van der Waals surface area (Å²) in [5, 5.41) is 3.22. The monoisotopic (exact) mass is 325 g/mol. The van der Waals surface area contributed by atoms with Crippen LogP contribution in [0.2, 0.25) is 0 Å². The van der Waals surface area contributed by atoms with Crippen molar-refractivity contribution in [3.05, 3.63) is 69.7 Å². The fraction of sp³-hybridized carbons (Fsp3) is 0.200. The highest BCUT2D eigenvalue weighted by molar-refractivity contribution is 9.10. The summed E-state index contributed by atoms with van der Waals surface area (Å²) in [6.07, 6.45) is 0. The van der Waals surface area contributed by atoms with Gasteiger partial charge in [-0.25, -0.2) is 8.78 Å². The predicted molar refractivity (Wildman–Crippen MR) is 75.8 cm³/mol. The molecule has 2 aromatic rings. The third-order valence-corrected chi connectivity index (χ3v) is 3.76. The molecule has 0 aliphatic rings. The topological polar surface area (TPSA) is 12.0 Å². The van der Waals surface area contributed by atoms with Crippen LogP contribution in [0, 0.1) is 11.6 Å². The molecule has 0 spiro atoms. The van der Waals surface area contributed by atoms with Crippen molar-refractivity contribution in [1.82, 2.24) is 5.32 Å². The fourth-order valence-electron chi connectivity index (χ4n) is 1.87. The van der Waals surface area contributed by atoms with Crippen LogP contribution in [0.25, 0.3) is 0 Å². The van der Waals surface area contributed by atoms with Crippen LogP contribution in [-0.4, -0.2) is 0 Å². The summed E-state index contributed by atoms with van der Waals surface area (Å²) in [6.45, 7) is 2.46. The Kier molecular flexibility index (Phi) is 4.66. The molecule has 2 rings (SSSR count). The number of hydrogen-bond donors (Lipinski definition) is 1. The molecule has 1 nitrogen and oxygen atoms in total. The highest BCUT2D eigenvalue weighted by atomic mass is 79.9. The second-order valence-corrected chi connectivity index (χ2v) is 5.21. The summed E-state index contributed by atoms with van der Waals surface area (Å²) in [7, 11) is 0. The van der Waals surface area contributed by atoms with E-state index in [2.05, 4.69) is 21.2 Å². The van der Waals surface area contributed by atoms with Crippen molar-refractivity contribution in [2.75, 3.05) is 0 Å². The van der Waals surface area contributed by atoms with E-state index in [1.165, 1.54) is 12.1 Å². The van der Waals surface area contributed by atoms with E-state index in [1.807, 2.05) is 31.2 Å². The van der Waals surface area contributed by atoms with Crippen LogP contribution in [0.3, 0.4) is 0 Å². The van der Waals surface area contributed by atoms with Gasteiger partial charge in [0.15, 0.2) is 0 Å². The standard InChI is InChI=1S/C15H14BrF2N/c1-10(13-7-6-12(17)8-15(13)18)19-9-11-4-2-3-5-14(11)16/h2-8,10,19H,9H2,1H3. The molecule has 0 amide bonds. The lowest BCUT2D eigenvalue weighted by atomic mass is 10.1. The van der Waals surface area contributed by atoms with E-state index in [-0.39, 0.29) is 6.04 Å². The Bertz CT molecular complexity index is 572. The van der Waals surface area contributed by atoms with Crippen LogP contribution in [0.5, 0.6) is 0 Å². The van der Waals surface area contributed by atoms with E-state index < -0.39 is 11.6 Å². The number of halogens is 3. The molecular weight excluding hydrogens is 312 g/mol. The van der Waals surface area contributed by atoms with Gasteiger partial charge >= 0.3 is 0 Å². The minimum atomic E-state index is -0.556. The summed E-state index contributed by atoms with van der Waals surface area (Å²) in [5.74, 6) is -1.08. The summed E-state index contributed by atoms with van der Waals surface area (Å²) in [6, 6.07) is 11.3. The lowest BCUT2D eigenvalue weighted by Crippen LogP contribution is -2.19. The minimum Gasteiger partial charge on any atom is -0.306 e. The summed E-state index contributed by atoms with van der Waals surface area (Å²) in [4.78, 5) is 0. The van der Waals surface area contributed by atoms with E-state index in [1.54, 1.807) is 0 Å². The van der Waals surface area contributed by atoms with Crippen molar-refractivity contribution in [1.29, 1.82) is 0 Å². The van der Waals surface area contributed by atoms with Crippen molar-refractivity contribution in [2.24, 2.45) is 0 Å². The van der Waals surface area contributed by atoms with E-state index >= 15 is 0 Å². The maximum Gasteiger partial charge on any atom is 0.130 e. The average molecular weight is 326 g/mol. The van der Waals surface area contributed by atoms with Crippen molar-refractivity contribution < 1.29 is 8.78 Å². The van der Waals surface area contributed by atoms with Crippen molar-refractivity contribution in [3.8, 4) is 0 Å². The molecule has 0 aliphatic heterocycles. The van der Waals surface area contributed by atoms with Crippen LogP contribution in [0.1, 0.15) is 24.1 Å². The van der Waals surface area contributed by atoms with E-state index in [9.17, 15) is 8.78 Å². The summed E-state index contributed by atoms with van der Waals surface area (Å²) >= 11 is 3.46. The number of rotatable bonds is 4. The molecule has 0 aliphatic carbocycles. The molecular formula is C15H14BrF2N. The van der Waals surface area contributed by atoms with Gasteiger partial charge in [0.05, 0.1) is 0 Å². The zero-order valence-electron chi connectivity index (χ0n) is 10.5. The van der Waals surface area contributed by atoms with Crippen molar-refractivity contribution >= 4 is 15.9 Å². The minimum absolute atomic E-state index is 0.187. The molecule has 1 atom stereocenters. The SMILES string of the molecule is CC(NCc1ccccc1Br)c1ccc(F)cc1F. The molecule has 1 unspecified atom stereocenters. The molecule has 2 aromatic carbocycles. The Morgan fingerprint density at radius 3 is 2.58 bits per heavy atom. The Morgan fingerprint density at radius 1 is 1.16 bits per heavy atom. The third-order valence-electron chi connectivity index (χ3n) is 2.99. The Hall–Kier alpha value is -1.26. The lowest BCUT2D eigenvalue weighted by molar-refractivity contribution is 0.517. The Balaban J connectivity index is 2.05. The molecule has 0 saturated carbocycles. The van der Waals surface area contributed by atoms with Gasteiger partial charge in [-0.2, -0.15) is 0 Å². The van der Waals surface area contributed by atoms with E-state index in [0.717, 1.165) is 16.1 Å². The quantitative estimate of drug-likeness (QED) is 0.867. The molecule has 19 heavy (non-hydrogen) atoms. The van der Waals surface area contributed by atoms with Gasteiger partial charge in [-0.05, 0) is 24.6 Å². The van der Waals surface area contributed by atoms with E-state index in [4.69, 9.17) is 0 Å². The fourth-order valence-corrected chi connectivity index (χ4v) is 2.29. The molecule has 0 fully saturated rings. The zero-order chi connectivity index (χ0) is 13.8. The summed E-state index contributed by atoms with van der Waals surface area (Å²) < 4.78 is 27.5. The van der Waals surface area contributed by atoms with Gasteiger partial charge in [0, 0.05) is 28.7 Å². The van der Waals surface area contributed by atoms with Crippen LogP contribution in [0.15, 0.2) is 46.9 Å². The molecule has 0 radical (unpaired) electrons. The Morgan fingerprint density at radius 2 is 1.89 bits per heavy atom. The first-order valence-electron chi connectivity index (χ1n) is 5.99. The number of benzene rings is 2. The van der Waals surface area contributed by atoms with Gasteiger partial charge in [-0.15, -0.1) is 0 Å². The maximum absolute atomic E-state index is 13.6. The van der Waals surface area contributed by atoms with Gasteiger partial charge < -0.3 is 5.32 Å². The summed E-state index contributed by atoms with van der Waals surface area (Å²) in [5.41, 5.74) is 1.56. The average Bonchev–Trinajstić information content (AvgIpc) is 2.37. The van der Waals surface area contributed by atoms with Gasteiger partial charge in [0.25, 0.3) is 0 Å². The van der Waals surface area contributed by atoms with Crippen LogP contribution < -0.4 is 5.32 Å². The number of nitrogens with one attached hydrogen (secondary N) is 1. The first-order valence-corrected chi connectivity index (χ1v) is 6.79. The third kappa shape index (κ3) is 3.61. The molecule has 0 aromatic heterocycles. The Labute approximate surface area is 119 Å². The second kappa shape index (κ2) is 6.26. The van der Waals surface area contributed by atoms with Gasteiger partial charge in [0.2, 0.25) is 0 Å².